The number of hydrogen-bond acceptors (Lipinski definition) is 3. The van der Waals surface area contributed by atoms with Crippen molar-refractivity contribution in [3.8, 4) is 5.75 Å². The first-order valence-electron chi connectivity index (χ1n) is 6.87. The molecule has 0 saturated heterocycles. The van der Waals surface area contributed by atoms with Crippen LogP contribution in [0.5, 0.6) is 5.75 Å². The maximum Gasteiger partial charge on any atom is 0.224 e. The highest BCUT2D eigenvalue weighted by atomic mass is 16.5. The van der Waals surface area contributed by atoms with Crippen LogP contribution < -0.4 is 15.8 Å². The summed E-state index contributed by atoms with van der Waals surface area (Å²) in [6.07, 6.45) is 4.73. The minimum Gasteiger partial charge on any atom is -0.497 e. The van der Waals surface area contributed by atoms with Crippen molar-refractivity contribution in [2.45, 2.75) is 44.2 Å². The Kier molecular flexibility index (Phi) is 4.80. The maximum atomic E-state index is 12.0. The van der Waals surface area contributed by atoms with Crippen LogP contribution >= 0.6 is 0 Å². The van der Waals surface area contributed by atoms with Gasteiger partial charge in [-0.25, -0.2) is 0 Å². The third-order valence-corrected chi connectivity index (χ3v) is 3.69. The molecule has 0 bridgehead atoms. The summed E-state index contributed by atoms with van der Waals surface area (Å²) in [5, 5.41) is 3.05. The second kappa shape index (κ2) is 6.57. The molecule has 1 saturated carbocycles. The van der Waals surface area contributed by atoms with Crippen LogP contribution in [0, 0.1) is 0 Å². The quantitative estimate of drug-likeness (QED) is 0.866. The summed E-state index contributed by atoms with van der Waals surface area (Å²) in [6.45, 7) is 0. The molecule has 3 N–H and O–H groups in total. The molecule has 1 amide bonds. The number of rotatable bonds is 4. The number of benzene rings is 1. The zero-order valence-corrected chi connectivity index (χ0v) is 11.4. The number of carbonyl (C=O) groups is 1. The van der Waals surface area contributed by atoms with Gasteiger partial charge in [-0.05, 0) is 30.5 Å². The second-order valence-corrected chi connectivity index (χ2v) is 5.15. The van der Waals surface area contributed by atoms with E-state index in [0.717, 1.165) is 30.6 Å². The Bertz CT molecular complexity index is 417. The van der Waals surface area contributed by atoms with Crippen LogP contribution in [0.4, 0.5) is 0 Å². The number of hydrogen-bond donors (Lipinski definition) is 2. The Morgan fingerprint density at radius 3 is 2.63 bits per heavy atom. The Balaban J connectivity index is 1.86. The Morgan fingerprint density at radius 2 is 2.00 bits per heavy atom. The third kappa shape index (κ3) is 3.96. The molecular formula is C15H22N2O2. The second-order valence-electron chi connectivity index (χ2n) is 5.15. The van der Waals surface area contributed by atoms with Gasteiger partial charge in [0.15, 0.2) is 0 Å². The van der Waals surface area contributed by atoms with Gasteiger partial charge in [-0.15, -0.1) is 0 Å². The Labute approximate surface area is 114 Å². The molecule has 1 aliphatic carbocycles. The van der Waals surface area contributed by atoms with Crippen LogP contribution in [0.3, 0.4) is 0 Å². The van der Waals surface area contributed by atoms with E-state index in [1.54, 1.807) is 7.11 Å². The fraction of sp³-hybridized carbons (Fsp3) is 0.533. The molecule has 0 aliphatic heterocycles. The Hall–Kier alpha value is -1.55. The van der Waals surface area contributed by atoms with E-state index in [1.807, 2.05) is 24.3 Å². The molecule has 0 radical (unpaired) electrons. The van der Waals surface area contributed by atoms with E-state index in [1.165, 1.54) is 6.42 Å². The van der Waals surface area contributed by atoms with Crippen LogP contribution in [0.1, 0.15) is 31.2 Å². The highest BCUT2D eigenvalue weighted by Gasteiger charge is 2.23. The van der Waals surface area contributed by atoms with Gasteiger partial charge in [0.05, 0.1) is 13.5 Å². The largest absolute Gasteiger partial charge is 0.497 e. The predicted octanol–water partition coefficient (Wildman–Crippen LogP) is 1.62. The lowest BCUT2D eigenvalue weighted by atomic mass is 9.91. The molecule has 1 fully saturated rings. The summed E-state index contributed by atoms with van der Waals surface area (Å²) in [5.41, 5.74) is 7.02. The van der Waals surface area contributed by atoms with Gasteiger partial charge in [-0.1, -0.05) is 25.0 Å². The minimum atomic E-state index is 0.0486. The molecule has 1 aliphatic rings. The summed E-state index contributed by atoms with van der Waals surface area (Å²) in [7, 11) is 1.63. The molecule has 104 valence electrons. The molecular weight excluding hydrogens is 240 g/mol. The van der Waals surface area contributed by atoms with Crippen LogP contribution in [0.2, 0.25) is 0 Å². The lowest BCUT2D eigenvalue weighted by Gasteiger charge is -2.29. The van der Waals surface area contributed by atoms with Crippen molar-refractivity contribution in [1.29, 1.82) is 0 Å². The molecule has 0 aromatic heterocycles. The van der Waals surface area contributed by atoms with Gasteiger partial charge >= 0.3 is 0 Å². The fourth-order valence-electron chi connectivity index (χ4n) is 2.53. The zero-order valence-electron chi connectivity index (χ0n) is 11.4. The topological polar surface area (TPSA) is 64.3 Å². The lowest BCUT2D eigenvalue weighted by Crippen LogP contribution is -2.49. The van der Waals surface area contributed by atoms with Crippen molar-refractivity contribution in [2.24, 2.45) is 5.73 Å². The molecule has 19 heavy (non-hydrogen) atoms. The highest BCUT2D eigenvalue weighted by molar-refractivity contribution is 5.79. The van der Waals surface area contributed by atoms with Crippen molar-refractivity contribution < 1.29 is 9.53 Å². The summed E-state index contributed by atoms with van der Waals surface area (Å²) >= 11 is 0. The highest BCUT2D eigenvalue weighted by Crippen LogP contribution is 2.17. The van der Waals surface area contributed by atoms with Gasteiger partial charge in [0, 0.05) is 12.1 Å². The van der Waals surface area contributed by atoms with E-state index in [0.29, 0.717) is 6.42 Å². The van der Waals surface area contributed by atoms with Gasteiger partial charge in [0.25, 0.3) is 0 Å². The summed E-state index contributed by atoms with van der Waals surface area (Å²) in [4.78, 5) is 12.0. The number of methoxy groups -OCH3 is 1. The number of nitrogens with one attached hydrogen (secondary N) is 1. The molecule has 0 unspecified atom stereocenters. The first kappa shape index (κ1) is 13.9. The summed E-state index contributed by atoms with van der Waals surface area (Å²) in [6, 6.07) is 7.82. The zero-order chi connectivity index (χ0) is 13.7. The third-order valence-electron chi connectivity index (χ3n) is 3.69. The average Bonchev–Trinajstić information content (AvgIpc) is 2.42. The minimum absolute atomic E-state index is 0.0486. The molecule has 4 heteroatoms. The summed E-state index contributed by atoms with van der Waals surface area (Å²) in [5.74, 6) is 0.853. The summed E-state index contributed by atoms with van der Waals surface area (Å²) < 4.78 is 5.09. The number of amides is 1. The smallest absolute Gasteiger partial charge is 0.224 e. The fourth-order valence-corrected chi connectivity index (χ4v) is 2.53. The molecule has 1 aromatic carbocycles. The predicted molar refractivity (Wildman–Crippen MR) is 75.1 cm³/mol. The van der Waals surface area contributed by atoms with E-state index in [4.69, 9.17) is 10.5 Å². The normalized spacial score (nSPS) is 22.8. The molecule has 2 atom stereocenters. The maximum absolute atomic E-state index is 12.0. The van der Waals surface area contributed by atoms with Crippen LogP contribution in [-0.4, -0.2) is 25.1 Å². The lowest BCUT2D eigenvalue weighted by molar-refractivity contribution is -0.121. The SMILES string of the molecule is COc1ccc(CC(=O)N[C@@H]2CCCC[C@H]2N)cc1. The van der Waals surface area contributed by atoms with Gasteiger partial charge in [-0.2, -0.15) is 0 Å². The van der Waals surface area contributed by atoms with E-state index >= 15 is 0 Å². The van der Waals surface area contributed by atoms with Crippen LogP contribution in [-0.2, 0) is 11.2 Å². The van der Waals surface area contributed by atoms with Crippen LogP contribution in [0.15, 0.2) is 24.3 Å². The van der Waals surface area contributed by atoms with Crippen molar-refractivity contribution in [3.05, 3.63) is 29.8 Å². The van der Waals surface area contributed by atoms with Gasteiger partial charge < -0.3 is 15.8 Å². The van der Waals surface area contributed by atoms with Gasteiger partial charge in [0.1, 0.15) is 5.75 Å². The van der Waals surface area contributed by atoms with Crippen molar-refractivity contribution in [1.82, 2.24) is 5.32 Å². The monoisotopic (exact) mass is 262 g/mol. The van der Waals surface area contributed by atoms with E-state index in [2.05, 4.69) is 5.32 Å². The standard InChI is InChI=1S/C15H22N2O2/c1-19-12-8-6-11(7-9-12)10-15(18)17-14-5-3-2-4-13(14)16/h6-9,13-14H,2-5,10,16H2,1H3,(H,17,18)/t13-,14-/m1/s1. The molecule has 4 nitrogen and oxygen atoms in total. The van der Waals surface area contributed by atoms with Crippen molar-refractivity contribution in [2.75, 3.05) is 7.11 Å². The molecule has 0 heterocycles. The first-order chi connectivity index (χ1) is 9.19. The molecule has 1 aromatic rings. The Morgan fingerprint density at radius 1 is 1.32 bits per heavy atom. The van der Waals surface area contributed by atoms with E-state index < -0.39 is 0 Å². The average molecular weight is 262 g/mol. The number of carbonyl (C=O) groups excluding carboxylic acids is 1. The first-order valence-corrected chi connectivity index (χ1v) is 6.87. The van der Waals surface area contributed by atoms with Crippen molar-refractivity contribution >= 4 is 5.91 Å². The van der Waals surface area contributed by atoms with Gasteiger partial charge in [0.2, 0.25) is 5.91 Å². The van der Waals surface area contributed by atoms with E-state index in [9.17, 15) is 4.79 Å². The van der Waals surface area contributed by atoms with Crippen molar-refractivity contribution in [3.63, 3.8) is 0 Å². The van der Waals surface area contributed by atoms with Gasteiger partial charge in [-0.3, -0.25) is 4.79 Å². The molecule has 0 spiro atoms. The molecule has 2 rings (SSSR count). The van der Waals surface area contributed by atoms with Crippen LogP contribution in [0.25, 0.3) is 0 Å². The van der Waals surface area contributed by atoms with E-state index in [-0.39, 0.29) is 18.0 Å². The number of ether oxygens (including phenoxy) is 1. The number of nitrogens with two attached hydrogens (primary N) is 1.